The van der Waals surface area contributed by atoms with Gasteiger partial charge in [-0.3, -0.25) is 9.59 Å². The van der Waals surface area contributed by atoms with E-state index in [9.17, 15) is 35.1 Å². The van der Waals surface area contributed by atoms with Crippen LogP contribution in [0.15, 0.2) is 36.5 Å². The van der Waals surface area contributed by atoms with Crippen molar-refractivity contribution in [1.29, 1.82) is 0 Å². The zero-order chi connectivity index (χ0) is 63.7. The van der Waals surface area contributed by atoms with Crippen LogP contribution in [0.2, 0.25) is 0 Å². The standard InChI is InChI=1S/C77H145NO10/c1-3-5-7-9-11-13-14-15-16-17-32-36-39-42-45-49-53-57-61-65-73(82)86-66-62-58-54-50-46-43-40-37-34-31-29-27-25-23-21-19-18-20-22-24-26-28-30-33-35-38-41-44-48-52-56-60-64-72(81)78-69(70(80)63-59-55-51-47-12-10-8-6-4-2)68-87-77-76(85)75(84)74(83)71(67-79)88-77/h11,13,15-16,59,63,69-71,74-77,79-80,83-85H,3-10,12,14,17-58,60-62,64-68H2,1-2H3,(H,78,81)/b13-11-,16-15-,63-59+. The number of hydrogen-bond acceptors (Lipinski definition) is 10. The fourth-order valence-corrected chi connectivity index (χ4v) is 12.2. The molecule has 0 spiro atoms. The Labute approximate surface area is 543 Å². The zero-order valence-corrected chi connectivity index (χ0v) is 57.7. The minimum atomic E-state index is -1.57. The predicted molar refractivity (Wildman–Crippen MR) is 371 cm³/mol. The van der Waals surface area contributed by atoms with Gasteiger partial charge in [0.15, 0.2) is 6.29 Å². The van der Waals surface area contributed by atoms with E-state index in [1.165, 1.54) is 289 Å². The molecule has 0 aliphatic carbocycles. The van der Waals surface area contributed by atoms with Gasteiger partial charge in [0.2, 0.25) is 5.91 Å². The third kappa shape index (κ3) is 54.4. The second kappa shape index (κ2) is 66.3. The molecule has 0 aromatic rings. The van der Waals surface area contributed by atoms with Crippen LogP contribution in [0.3, 0.4) is 0 Å². The molecule has 1 aliphatic rings. The second-order valence-electron chi connectivity index (χ2n) is 26.7. The highest BCUT2D eigenvalue weighted by atomic mass is 16.7. The SMILES string of the molecule is CCCCC/C=C\C/C=C\CCCCCCCCCCCC(=O)OCCCCCCCCCCCCCCCCCCCCCCCCCCCCCCCCCCC(=O)NC(COC1OC(CO)C(O)C(O)C1O)C(O)/C=C/CCCCCCCCC. The van der Waals surface area contributed by atoms with Crippen LogP contribution in [-0.2, 0) is 23.8 Å². The van der Waals surface area contributed by atoms with Crippen molar-refractivity contribution in [2.75, 3.05) is 19.8 Å². The lowest BCUT2D eigenvalue weighted by Crippen LogP contribution is -2.60. The minimum absolute atomic E-state index is 0.0103. The van der Waals surface area contributed by atoms with Crippen LogP contribution in [0.1, 0.15) is 380 Å². The van der Waals surface area contributed by atoms with E-state index < -0.39 is 49.5 Å². The number of nitrogens with one attached hydrogen (secondary N) is 1. The first-order chi connectivity index (χ1) is 43.2. The lowest BCUT2D eigenvalue weighted by molar-refractivity contribution is -0.302. The summed E-state index contributed by atoms with van der Waals surface area (Å²) in [6.07, 6.45) is 76.1. The van der Waals surface area contributed by atoms with Crippen LogP contribution in [0.4, 0.5) is 0 Å². The van der Waals surface area contributed by atoms with Gasteiger partial charge in [0, 0.05) is 12.8 Å². The maximum atomic E-state index is 13.0. The Morgan fingerprint density at radius 1 is 0.420 bits per heavy atom. The molecule has 0 saturated carbocycles. The summed E-state index contributed by atoms with van der Waals surface area (Å²) in [6.45, 7) is 4.33. The summed E-state index contributed by atoms with van der Waals surface area (Å²) in [4.78, 5) is 25.2. The largest absolute Gasteiger partial charge is 0.466 e. The van der Waals surface area contributed by atoms with Gasteiger partial charge < -0.3 is 45.1 Å². The van der Waals surface area contributed by atoms with Crippen molar-refractivity contribution in [3.05, 3.63) is 36.5 Å². The van der Waals surface area contributed by atoms with Gasteiger partial charge in [-0.1, -0.05) is 339 Å². The summed E-state index contributed by atoms with van der Waals surface area (Å²) in [7, 11) is 0. The molecule has 88 heavy (non-hydrogen) atoms. The van der Waals surface area contributed by atoms with Crippen molar-refractivity contribution >= 4 is 11.9 Å². The predicted octanol–water partition coefficient (Wildman–Crippen LogP) is 20.1. The van der Waals surface area contributed by atoms with Gasteiger partial charge in [-0.25, -0.2) is 0 Å². The van der Waals surface area contributed by atoms with Crippen molar-refractivity contribution in [2.24, 2.45) is 0 Å². The second-order valence-corrected chi connectivity index (χ2v) is 26.7. The van der Waals surface area contributed by atoms with E-state index in [0.717, 1.165) is 64.2 Å². The Morgan fingerprint density at radius 3 is 1.17 bits per heavy atom. The molecule has 1 fully saturated rings. The smallest absolute Gasteiger partial charge is 0.305 e. The molecule has 1 amide bonds. The van der Waals surface area contributed by atoms with Crippen LogP contribution in [0.5, 0.6) is 0 Å². The Morgan fingerprint density at radius 2 is 0.761 bits per heavy atom. The summed E-state index contributed by atoms with van der Waals surface area (Å²) in [5.41, 5.74) is 0. The Bertz CT molecular complexity index is 1560. The average molecular weight is 1250 g/mol. The molecule has 11 heteroatoms. The molecule has 7 atom stereocenters. The summed E-state index contributed by atoms with van der Waals surface area (Å²) < 4.78 is 16.7. The lowest BCUT2D eigenvalue weighted by atomic mass is 9.99. The fraction of sp³-hybridized carbons (Fsp3) is 0.896. The highest BCUT2D eigenvalue weighted by Gasteiger charge is 2.44. The number of rotatable bonds is 68. The van der Waals surface area contributed by atoms with Crippen molar-refractivity contribution in [2.45, 2.75) is 423 Å². The minimum Gasteiger partial charge on any atom is -0.466 e. The molecular weight excluding hydrogens is 1100 g/mol. The van der Waals surface area contributed by atoms with Crippen molar-refractivity contribution in [1.82, 2.24) is 5.32 Å². The molecule has 0 bridgehead atoms. The Balaban J connectivity index is 1.85. The van der Waals surface area contributed by atoms with Crippen LogP contribution in [0, 0.1) is 0 Å². The van der Waals surface area contributed by atoms with E-state index in [1.807, 2.05) is 6.08 Å². The highest BCUT2D eigenvalue weighted by molar-refractivity contribution is 5.76. The van der Waals surface area contributed by atoms with Crippen LogP contribution >= 0.6 is 0 Å². The summed E-state index contributed by atoms with van der Waals surface area (Å²) in [5.74, 6) is -0.167. The summed E-state index contributed by atoms with van der Waals surface area (Å²) in [5, 5.41) is 54.3. The lowest BCUT2D eigenvalue weighted by Gasteiger charge is -2.40. The van der Waals surface area contributed by atoms with Gasteiger partial charge >= 0.3 is 5.97 Å². The van der Waals surface area contributed by atoms with Gasteiger partial charge in [0.1, 0.15) is 24.4 Å². The van der Waals surface area contributed by atoms with Gasteiger partial charge in [-0.05, 0) is 64.2 Å². The maximum Gasteiger partial charge on any atom is 0.305 e. The third-order valence-electron chi connectivity index (χ3n) is 18.2. The number of carbonyl (C=O) groups excluding carboxylic acids is 2. The van der Waals surface area contributed by atoms with Crippen LogP contribution in [-0.4, -0.2) is 100 Å². The first-order valence-electron chi connectivity index (χ1n) is 38.3. The number of unbranched alkanes of at least 4 members (excludes halogenated alkanes) is 50. The van der Waals surface area contributed by atoms with Crippen molar-refractivity contribution in [3.63, 3.8) is 0 Å². The average Bonchev–Trinajstić information content (AvgIpc) is 2.57. The molecule has 1 aliphatic heterocycles. The molecule has 1 heterocycles. The molecule has 6 N–H and O–H groups in total. The topological polar surface area (TPSA) is 175 Å². The molecular formula is C77H145NO10. The number of aliphatic hydroxyl groups excluding tert-OH is 5. The number of allylic oxidation sites excluding steroid dienone is 5. The quantitative estimate of drug-likeness (QED) is 0.0195. The molecule has 0 radical (unpaired) electrons. The highest BCUT2D eigenvalue weighted by Crippen LogP contribution is 2.24. The summed E-state index contributed by atoms with van der Waals surface area (Å²) >= 11 is 0. The molecule has 0 aromatic heterocycles. The number of carbonyl (C=O) groups is 2. The Hall–Kier alpha value is -2.12. The number of hydrogen-bond donors (Lipinski definition) is 6. The van der Waals surface area contributed by atoms with E-state index in [4.69, 9.17) is 14.2 Å². The molecule has 0 aromatic carbocycles. The molecule has 1 rings (SSSR count). The first-order valence-corrected chi connectivity index (χ1v) is 38.3. The van der Waals surface area contributed by atoms with Gasteiger partial charge in [0.05, 0.1) is 32.0 Å². The van der Waals surface area contributed by atoms with E-state index in [1.54, 1.807) is 6.08 Å². The fourth-order valence-electron chi connectivity index (χ4n) is 12.2. The molecule has 518 valence electrons. The van der Waals surface area contributed by atoms with E-state index in [-0.39, 0.29) is 18.5 Å². The first kappa shape index (κ1) is 83.9. The number of amides is 1. The van der Waals surface area contributed by atoms with Gasteiger partial charge in [-0.2, -0.15) is 0 Å². The Kier molecular flexibility index (Phi) is 63.2. The van der Waals surface area contributed by atoms with E-state index in [0.29, 0.717) is 19.4 Å². The molecule has 1 saturated heterocycles. The normalized spacial score (nSPS) is 17.9. The van der Waals surface area contributed by atoms with E-state index in [2.05, 4.69) is 43.5 Å². The molecule has 11 nitrogen and oxygen atoms in total. The number of ether oxygens (including phenoxy) is 3. The van der Waals surface area contributed by atoms with Crippen molar-refractivity contribution < 1.29 is 49.3 Å². The van der Waals surface area contributed by atoms with Crippen LogP contribution < -0.4 is 5.32 Å². The zero-order valence-electron chi connectivity index (χ0n) is 57.7. The monoisotopic (exact) mass is 1240 g/mol. The number of esters is 1. The molecule has 7 unspecified atom stereocenters. The van der Waals surface area contributed by atoms with Gasteiger partial charge in [-0.15, -0.1) is 0 Å². The number of aliphatic hydroxyl groups is 5. The van der Waals surface area contributed by atoms with Gasteiger partial charge in [0.25, 0.3) is 0 Å². The summed E-state index contributed by atoms with van der Waals surface area (Å²) in [6, 6.07) is -0.805. The van der Waals surface area contributed by atoms with E-state index >= 15 is 0 Å². The third-order valence-corrected chi connectivity index (χ3v) is 18.2. The van der Waals surface area contributed by atoms with Crippen LogP contribution in [0.25, 0.3) is 0 Å². The maximum absolute atomic E-state index is 13.0. The van der Waals surface area contributed by atoms with Crippen molar-refractivity contribution in [3.8, 4) is 0 Å².